The summed E-state index contributed by atoms with van der Waals surface area (Å²) in [6, 6.07) is 13.9. The van der Waals surface area contributed by atoms with Gasteiger partial charge in [0.1, 0.15) is 16.5 Å². The van der Waals surface area contributed by atoms with Crippen molar-refractivity contribution in [1.82, 2.24) is 0 Å². The first kappa shape index (κ1) is 16.5. The molecule has 0 saturated heterocycles. The lowest BCUT2D eigenvalue weighted by Gasteiger charge is -2.17. The number of hydrogen-bond donors (Lipinski definition) is 1. The van der Waals surface area contributed by atoms with Crippen LogP contribution in [0.5, 0.6) is 5.75 Å². The van der Waals surface area contributed by atoms with Crippen molar-refractivity contribution in [3.63, 3.8) is 0 Å². The molecule has 5 nitrogen and oxygen atoms in total. The normalized spacial score (nSPS) is 14.4. The number of nitrogens with zero attached hydrogens (tertiary/aromatic N) is 1. The Kier molecular flexibility index (Phi) is 4.59. The molecule has 2 amide bonds. The van der Waals surface area contributed by atoms with Crippen LogP contribution in [-0.2, 0) is 9.59 Å². The van der Waals surface area contributed by atoms with Crippen molar-refractivity contribution in [2.24, 2.45) is 0 Å². The Bertz CT molecular complexity index is 849. The van der Waals surface area contributed by atoms with Crippen LogP contribution in [0.25, 0.3) is 0 Å². The van der Waals surface area contributed by atoms with E-state index in [1.54, 1.807) is 36.4 Å². The number of anilines is 2. The lowest BCUT2D eigenvalue weighted by molar-refractivity contribution is -0.120. The molecule has 122 valence electrons. The first-order valence-electron chi connectivity index (χ1n) is 6.97. The molecule has 0 aromatic heterocycles. The minimum absolute atomic E-state index is 0.0369. The van der Waals surface area contributed by atoms with E-state index in [-0.39, 0.29) is 10.7 Å². The van der Waals surface area contributed by atoms with E-state index in [2.05, 4.69) is 21.2 Å². The minimum atomic E-state index is -0.592. The molecule has 0 atom stereocenters. The molecule has 0 fully saturated rings. The highest BCUT2D eigenvalue weighted by Gasteiger charge is 2.40. The van der Waals surface area contributed by atoms with Gasteiger partial charge >= 0.3 is 0 Å². The van der Waals surface area contributed by atoms with E-state index < -0.39 is 11.8 Å². The Morgan fingerprint density at radius 1 is 1.04 bits per heavy atom. The highest BCUT2D eigenvalue weighted by atomic mass is 79.9. The van der Waals surface area contributed by atoms with Crippen molar-refractivity contribution in [2.45, 2.75) is 0 Å². The first-order valence-corrected chi connectivity index (χ1v) is 8.14. The number of imide groups is 1. The van der Waals surface area contributed by atoms with Crippen molar-refractivity contribution in [3.05, 3.63) is 63.7 Å². The third-order valence-electron chi connectivity index (χ3n) is 3.47. The number of amides is 2. The number of methoxy groups -OCH3 is 1. The van der Waals surface area contributed by atoms with Crippen LogP contribution in [0.1, 0.15) is 0 Å². The highest BCUT2D eigenvalue weighted by molar-refractivity contribution is 9.10. The van der Waals surface area contributed by atoms with Gasteiger partial charge in [-0.25, -0.2) is 4.90 Å². The molecule has 2 aromatic carbocycles. The lowest BCUT2D eigenvalue weighted by Crippen LogP contribution is -2.32. The Balaban J connectivity index is 1.94. The van der Waals surface area contributed by atoms with Crippen LogP contribution >= 0.6 is 27.5 Å². The molecule has 0 bridgehead atoms. The fraction of sp³-hybridized carbons (Fsp3) is 0.0588. The molecule has 1 heterocycles. The predicted octanol–water partition coefficient (Wildman–Crippen LogP) is 3.89. The zero-order chi connectivity index (χ0) is 17.3. The monoisotopic (exact) mass is 406 g/mol. The summed E-state index contributed by atoms with van der Waals surface area (Å²) < 4.78 is 6.12. The van der Waals surface area contributed by atoms with Crippen LogP contribution in [0, 0.1) is 0 Å². The van der Waals surface area contributed by atoms with Gasteiger partial charge in [0.05, 0.1) is 12.8 Å². The maximum Gasteiger partial charge on any atom is 0.283 e. The van der Waals surface area contributed by atoms with Gasteiger partial charge in [-0.2, -0.15) is 0 Å². The Morgan fingerprint density at radius 3 is 2.38 bits per heavy atom. The molecule has 0 unspecified atom stereocenters. The van der Waals surface area contributed by atoms with Crippen molar-refractivity contribution >= 4 is 50.7 Å². The Labute approximate surface area is 152 Å². The van der Waals surface area contributed by atoms with Gasteiger partial charge in [-0.05, 0) is 36.4 Å². The quantitative estimate of drug-likeness (QED) is 0.781. The van der Waals surface area contributed by atoms with Crippen LogP contribution in [0.3, 0.4) is 0 Å². The van der Waals surface area contributed by atoms with E-state index in [9.17, 15) is 9.59 Å². The van der Waals surface area contributed by atoms with E-state index in [1.807, 2.05) is 12.1 Å². The number of rotatable bonds is 4. The standard InChI is InChI=1S/C17H12BrClN2O3/c1-24-13-5-3-2-4-12(13)21-16(22)14(19)15(17(21)23)20-11-8-6-10(18)7-9-11/h2-9,20H,1H3. The number of nitrogens with one attached hydrogen (secondary N) is 1. The van der Waals surface area contributed by atoms with Crippen LogP contribution in [0.15, 0.2) is 63.7 Å². The van der Waals surface area contributed by atoms with Gasteiger partial charge in [0, 0.05) is 10.2 Å². The molecule has 1 N–H and O–H groups in total. The van der Waals surface area contributed by atoms with Gasteiger partial charge in [0.15, 0.2) is 0 Å². The maximum atomic E-state index is 12.7. The third kappa shape index (κ3) is 2.90. The van der Waals surface area contributed by atoms with Gasteiger partial charge in [-0.3, -0.25) is 9.59 Å². The first-order chi connectivity index (χ1) is 11.5. The topological polar surface area (TPSA) is 58.6 Å². The average Bonchev–Trinajstić information content (AvgIpc) is 2.80. The molecule has 0 aliphatic carbocycles. The number of benzene rings is 2. The number of hydrogen-bond acceptors (Lipinski definition) is 4. The minimum Gasteiger partial charge on any atom is -0.495 e. The maximum absolute atomic E-state index is 12.7. The second-order valence-electron chi connectivity index (χ2n) is 4.94. The molecule has 3 rings (SSSR count). The summed E-state index contributed by atoms with van der Waals surface area (Å²) in [6.07, 6.45) is 0. The zero-order valence-electron chi connectivity index (χ0n) is 12.5. The van der Waals surface area contributed by atoms with Crippen molar-refractivity contribution < 1.29 is 14.3 Å². The summed E-state index contributed by atoms with van der Waals surface area (Å²) in [5.41, 5.74) is 1.03. The molecule has 0 spiro atoms. The molecular weight excluding hydrogens is 396 g/mol. The molecule has 1 aliphatic rings. The summed E-state index contributed by atoms with van der Waals surface area (Å²) in [5.74, 6) is -0.711. The second-order valence-corrected chi connectivity index (χ2v) is 6.23. The lowest BCUT2D eigenvalue weighted by atomic mass is 10.2. The van der Waals surface area contributed by atoms with E-state index >= 15 is 0 Å². The van der Waals surface area contributed by atoms with Gasteiger partial charge in [0.2, 0.25) is 0 Å². The summed E-state index contributed by atoms with van der Waals surface area (Å²) in [4.78, 5) is 26.2. The molecule has 1 aliphatic heterocycles. The van der Waals surface area contributed by atoms with Crippen LogP contribution in [0.4, 0.5) is 11.4 Å². The smallest absolute Gasteiger partial charge is 0.283 e. The van der Waals surface area contributed by atoms with Crippen LogP contribution in [0.2, 0.25) is 0 Å². The van der Waals surface area contributed by atoms with Crippen LogP contribution < -0.4 is 15.0 Å². The van der Waals surface area contributed by atoms with E-state index in [1.165, 1.54) is 7.11 Å². The molecule has 7 heteroatoms. The molecule has 2 aromatic rings. The second kappa shape index (κ2) is 6.67. The molecule has 0 saturated carbocycles. The highest BCUT2D eigenvalue weighted by Crippen LogP contribution is 2.35. The number of para-hydroxylation sites is 2. The summed E-state index contributed by atoms with van der Waals surface area (Å²) in [5, 5.41) is 2.75. The van der Waals surface area contributed by atoms with Gasteiger partial charge in [0.25, 0.3) is 11.8 Å². The Morgan fingerprint density at radius 2 is 1.71 bits per heavy atom. The molecular formula is C17H12BrClN2O3. The number of carbonyl (C=O) groups is 2. The predicted molar refractivity (Wildman–Crippen MR) is 96.1 cm³/mol. The van der Waals surface area contributed by atoms with Gasteiger partial charge in [-0.1, -0.05) is 39.7 Å². The fourth-order valence-corrected chi connectivity index (χ4v) is 2.80. The van der Waals surface area contributed by atoms with Crippen molar-refractivity contribution in [2.75, 3.05) is 17.3 Å². The summed E-state index contributed by atoms with van der Waals surface area (Å²) in [7, 11) is 1.47. The third-order valence-corrected chi connectivity index (χ3v) is 4.35. The van der Waals surface area contributed by atoms with Crippen molar-refractivity contribution in [3.8, 4) is 5.75 Å². The largest absolute Gasteiger partial charge is 0.495 e. The molecule has 0 radical (unpaired) electrons. The van der Waals surface area contributed by atoms with Gasteiger partial charge in [-0.15, -0.1) is 0 Å². The number of halogens is 2. The summed E-state index contributed by atoms with van der Waals surface area (Å²) in [6.45, 7) is 0. The van der Waals surface area contributed by atoms with Crippen molar-refractivity contribution in [1.29, 1.82) is 0 Å². The van der Waals surface area contributed by atoms with E-state index in [0.717, 1.165) is 9.37 Å². The zero-order valence-corrected chi connectivity index (χ0v) is 14.9. The molecule has 24 heavy (non-hydrogen) atoms. The summed E-state index contributed by atoms with van der Waals surface area (Å²) >= 11 is 9.44. The average molecular weight is 408 g/mol. The van der Waals surface area contributed by atoms with Gasteiger partial charge < -0.3 is 10.1 Å². The number of ether oxygens (including phenoxy) is 1. The number of carbonyl (C=O) groups excluding carboxylic acids is 2. The van der Waals surface area contributed by atoms with E-state index in [0.29, 0.717) is 17.1 Å². The SMILES string of the molecule is COc1ccccc1N1C(=O)C(Cl)=C(Nc2ccc(Br)cc2)C1=O. The fourth-order valence-electron chi connectivity index (χ4n) is 2.32. The van der Waals surface area contributed by atoms with Crippen LogP contribution in [-0.4, -0.2) is 18.9 Å². The Hall–Kier alpha value is -2.31. The van der Waals surface area contributed by atoms with E-state index in [4.69, 9.17) is 16.3 Å².